The van der Waals surface area contributed by atoms with Crippen LogP contribution in [0.25, 0.3) is 0 Å². The minimum absolute atomic E-state index is 0.165. The number of nitrogen functional groups attached to an aromatic ring is 2. The summed E-state index contributed by atoms with van der Waals surface area (Å²) >= 11 is 2.06. The number of nitrogens with zero attached hydrogens (tertiary/aromatic N) is 1. The number of hydrogen-bond donors (Lipinski definition) is 2. The Morgan fingerprint density at radius 3 is 1.89 bits per heavy atom. The van der Waals surface area contributed by atoms with Gasteiger partial charge in [0.2, 0.25) is 0 Å². The number of anilines is 2. The van der Waals surface area contributed by atoms with Crippen LogP contribution in [0.2, 0.25) is 0 Å². The summed E-state index contributed by atoms with van der Waals surface area (Å²) in [7, 11) is 1.27. The SMILES string of the molecule is COC(=O)C(C)C(C)=O.Nc1cccc(N)n1.[CH2]=[V]. The van der Waals surface area contributed by atoms with Crippen LogP contribution in [0.1, 0.15) is 13.8 Å². The number of pyridine rings is 1. The number of nitrogens with two attached hydrogens (primary N) is 2. The van der Waals surface area contributed by atoms with E-state index in [1.54, 1.807) is 18.2 Å². The predicted octanol–water partition coefficient (Wildman–Crippen LogP) is 0.596. The molecule has 0 fully saturated rings. The second kappa shape index (κ2) is 11.4. The Morgan fingerprint density at radius 2 is 1.74 bits per heavy atom. The number of ketones is 1. The summed E-state index contributed by atoms with van der Waals surface area (Å²) in [6.45, 7) is 2.88. The average molecular weight is 304 g/mol. The second-order valence-corrected chi connectivity index (χ2v) is 3.34. The Kier molecular flexibility index (Phi) is 11.8. The van der Waals surface area contributed by atoms with Gasteiger partial charge in [-0.25, -0.2) is 4.98 Å². The zero-order valence-electron chi connectivity index (χ0n) is 11.3. The van der Waals surface area contributed by atoms with Crippen LogP contribution < -0.4 is 11.5 Å². The number of methoxy groups -OCH3 is 1. The van der Waals surface area contributed by atoms with Crippen molar-refractivity contribution in [3.63, 3.8) is 0 Å². The number of carbonyl (C=O) groups is 2. The van der Waals surface area contributed by atoms with E-state index in [1.165, 1.54) is 21.0 Å². The summed E-state index contributed by atoms with van der Waals surface area (Å²) in [4.78, 5) is 24.7. The molecule has 4 N–H and O–H groups in total. The van der Waals surface area contributed by atoms with Crippen molar-refractivity contribution in [1.82, 2.24) is 4.98 Å². The molecule has 1 aromatic rings. The van der Waals surface area contributed by atoms with Crippen LogP contribution in [-0.2, 0) is 31.3 Å². The van der Waals surface area contributed by atoms with Crippen LogP contribution in [0.5, 0.6) is 0 Å². The van der Waals surface area contributed by atoms with Crippen molar-refractivity contribution < 1.29 is 31.3 Å². The standard InChI is InChI=1S/C6H10O3.C5H7N3.CH2.V/c1-4(5(2)7)6(8)9-3;6-4-2-1-3-5(7)8-4;;/h4H,1-3H3;1-3H,(H4,6,7,8);1H2;. The molecule has 1 atom stereocenters. The minimum atomic E-state index is -0.616. The molecule has 0 radical (unpaired) electrons. The van der Waals surface area contributed by atoms with Crippen LogP contribution in [0.3, 0.4) is 0 Å². The summed E-state index contributed by atoms with van der Waals surface area (Å²) in [5.74, 6) is -0.325. The molecule has 0 aromatic carbocycles. The summed E-state index contributed by atoms with van der Waals surface area (Å²) in [5, 5.41) is 3.19. The van der Waals surface area contributed by atoms with Gasteiger partial charge in [-0.1, -0.05) is 6.07 Å². The summed E-state index contributed by atoms with van der Waals surface area (Å²) in [6.07, 6.45) is 0. The van der Waals surface area contributed by atoms with Crippen LogP contribution in [0, 0.1) is 5.92 Å². The van der Waals surface area contributed by atoms with Gasteiger partial charge >= 0.3 is 28.2 Å². The molecule has 0 aliphatic rings. The van der Waals surface area contributed by atoms with Gasteiger partial charge in [0.25, 0.3) is 0 Å². The molecule has 0 saturated heterocycles. The Labute approximate surface area is 122 Å². The predicted molar refractivity (Wildman–Crippen MR) is 72.0 cm³/mol. The van der Waals surface area contributed by atoms with Gasteiger partial charge in [-0.05, 0) is 26.0 Å². The first-order chi connectivity index (χ1) is 8.88. The van der Waals surface area contributed by atoms with E-state index in [0.717, 1.165) is 0 Å². The molecule has 19 heavy (non-hydrogen) atoms. The van der Waals surface area contributed by atoms with Gasteiger partial charge in [0.15, 0.2) is 0 Å². The maximum atomic E-state index is 10.5. The van der Waals surface area contributed by atoms with Gasteiger partial charge in [0.05, 0.1) is 7.11 Å². The van der Waals surface area contributed by atoms with Crippen molar-refractivity contribution in [2.75, 3.05) is 18.6 Å². The molecule has 0 aliphatic heterocycles. The number of Topliss-reactive ketones (excluding diaryl/α,β-unsaturated/α-hetero) is 1. The average Bonchev–Trinajstić information content (AvgIpc) is 2.39. The molecule has 105 valence electrons. The molecule has 1 rings (SSSR count). The fourth-order valence-corrected chi connectivity index (χ4v) is 0.812. The molecule has 1 unspecified atom stereocenters. The van der Waals surface area contributed by atoms with Crippen molar-refractivity contribution in [2.45, 2.75) is 13.8 Å². The van der Waals surface area contributed by atoms with Gasteiger partial charge in [0, 0.05) is 0 Å². The molecular formula is C12H19N3O3V. The van der Waals surface area contributed by atoms with Crippen LogP contribution in [-0.4, -0.2) is 29.1 Å². The first-order valence-corrected chi connectivity index (χ1v) is 6.25. The van der Waals surface area contributed by atoms with Gasteiger partial charge in [-0.3, -0.25) is 9.59 Å². The van der Waals surface area contributed by atoms with E-state index < -0.39 is 11.9 Å². The Bertz CT molecular complexity index is 396. The number of esters is 1. The fourth-order valence-electron chi connectivity index (χ4n) is 0.812. The van der Waals surface area contributed by atoms with Crippen molar-refractivity contribution >= 4 is 28.6 Å². The van der Waals surface area contributed by atoms with Crippen molar-refractivity contribution in [1.29, 1.82) is 0 Å². The van der Waals surface area contributed by atoms with Crippen molar-refractivity contribution in [3.05, 3.63) is 18.2 Å². The Hall–Kier alpha value is -1.66. The van der Waals surface area contributed by atoms with E-state index in [0.29, 0.717) is 11.6 Å². The summed E-state index contributed by atoms with van der Waals surface area (Å²) in [6, 6.07) is 5.14. The van der Waals surface area contributed by atoms with E-state index in [-0.39, 0.29) is 5.78 Å². The maximum absolute atomic E-state index is 10.5. The van der Waals surface area contributed by atoms with E-state index in [2.05, 4.69) is 31.9 Å². The molecule has 0 bridgehead atoms. The molecule has 6 nitrogen and oxygen atoms in total. The van der Waals surface area contributed by atoms with Crippen LogP contribution >= 0.6 is 0 Å². The first-order valence-electron chi connectivity index (χ1n) is 5.26. The van der Waals surface area contributed by atoms with E-state index in [9.17, 15) is 9.59 Å². The molecule has 7 heteroatoms. The molecule has 0 aliphatic carbocycles. The number of aromatic nitrogens is 1. The van der Waals surface area contributed by atoms with Crippen molar-refractivity contribution in [2.24, 2.45) is 5.92 Å². The Balaban J connectivity index is 0. The second-order valence-electron chi connectivity index (χ2n) is 3.34. The molecule has 1 heterocycles. The normalized spacial score (nSPS) is 9.79. The van der Waals surface area contributed by atoms with Gasteiger partial charge in [-0.15, -0.1) is 0 Å². The van der Waals surface area contributed by atoms with Crippen LogP contribution in [0.15, 0.2) is 18.2 Å². The monoisotopic (exact) mass is 304 g/mol. The number of carbonyl (C=O) groups excluding carboxylic acids is 2. The fraction of sp³-hybridized carbons (Fsp3) is 0.333. The third-order valence-electron chi connectivity index (χ3n) is 1.96. The number of ether oxygens (including phenoxy) is 1. The zero-order valence-corrected chi connectivity index (χ0v) is 12.7. The quantitative estimate of drug-likeness (QED) is 0.611. The third kappa shape index (κ3) is 9.99. The molecule has 0 amide bonds. The zero-order chi connectivity index (χ0) is 15.4. The third-order valence-corrected chi connectivity index (χ3v) is 1.96. The van der Waals surface area contributed by atoms with E-state index in [4.69, 9.17) is 11.5 Å². The number of rotatable bonds is 2. The topological polar surface area (TPSA) is 108 Å². The first kappa shape index (κ1) is 19.7. The summed E-state index contributed by atoms with van der Waals surface area (Å²) in [5.41, 5.74) is 10.5. The van der Waals surface area contributed by atoms with Gasteiger partial charge in [0.1, 0.15) is 23.3 Å². The van der Waals surface area contributed by atoms with Gasteiger partial charge in [-0.2, -0.15) is 0 Å². The molecule has 0 saturated carbocycles. The summed E-state index contributed by atoms with van der Waals surface area (Å²) < 4.78 is 4.31. The van der Waals surface area contributed by atoms with Crippen LogP contribution in [0.4, 0.5) is 11.6 Å². The van der Waals surface area contributed by atoms with E-state index in [1.807, 2.05) is 0 Å². The Morgan fingerprint density at radius 1 is 1.32 bits per heavy atom. The van der Waals surface area contributed by atoms with Gasteiger partial charge < -0.3 is 16.2 Å². The molecule has 1 aromatic heterocycles. The number of hydrogen-bond acceptors (Lipinski definition) is 6. The molecular weight excluding hydrogens is 285 g/mol. The molecule has 0 spiro atoms. The van der Waals surface area contributed by atoms with E-state index >= 15 is 0 Å². The van der Waals surface area contributed by atoms with Crippen molar-refractivity contribution in [3.8, 4) is 0 Å².